The lowest BCUT2D eigenvalue weighted by Gasteiger charge is -2.32. The first kappa shape index (κ1) is 29.8. The van der Waals surface area contributed by atoms with Crippen molar-refractivity contribution in [3.05, 3.63) is 18.3 Å². The Morgan fingerprint density at radius 2 is 1.89 bits per heavy atom. The van der Waals surface area contributed by atoms with Gasteiger partial charge in [0.2, 0.25) is 0 Å². The van der Waals surface area contributed by atoms with Crippen molar-refractivity contribution in [2.75, 3.05) is 26.6 Å². The van der Waals surface area contributed by atoms with Crippen LogP contribution in [0.25, 0.3) is 11.0 Å². The molecule has 1 aliphatic rings. The highest BCUT2D eigenvalue weighted by atomic mass is 31.3. The van der Waals surface area contributed by atoms with Crippen LogP contribution in [0.5, 0.6) is 0 Å². The lowest BCUT2D eigenvalue weighted by molar-refractivity contribution is -0.0487. The van der Waals surface area contributed by atoms with Crippen LogP contribution in [-0.4, -0.2) is 51.3 Å². The molecule has 1 aliphatic heterocycles. The van der Waals surface area contributed by atoms with E-state index in [1.807, 2.05) is 6.92 Å². The van der Waals surface area contributed by atoms with Gasteiger partial charge in [0.05, 0.1) is 24.0 Å². The van der Waals surface area contributed by atoms with E-state index in [0.717, 1.165) is 26.7 Å². The minimum absolute atomic E-state index is 0.0117. The number of aromatic nitrogens is 3. The Balaban J connectivity index is 1.86. The maximum atomic E-state index is 14.7. The van der Waals surface area contributed by atoms with Crippen LogP contribution in [0.15, 0.2) is 12.5 Å². The zero-order valence-corrected chi connectivity index (χ0v) is 22.8. The lowest BCUT2D eigenvalue weighted by Crippen LogP contribution is -2.32. The monoisotopic (exact) mass is 586 g/mol. The zero-order valence-electron chi connectivity index (χ0n) is 20.1. The molecule has 7 unspecified atom stereocenters. The number of terminal acetylenes is 1. The largest absolute Gasteiger partial charge is 0.492 e. The van der Waals surface area contributed by atoms with Gasteiger partial charge in [-0.05, 0) is 6.42 Å². The molecule has 0 spiro atoms. The van der Waals surface area contributed by atoms with E-state index in [0.29, 0.717) is 6.42 Å². The third-order valence-corrected chi connectivity index (χ3v) is 10.6. The zero-order chi connectivity index (χ0) is 27.8. The number of phosphoric acid groups is 3. The van der Waals surface area contributed by atoms with E-state index in [-0.39, 0.29) is 16.9 Å². The Morgan fingerprint density at radius 3 is 2.46 bits per heavy atom. The topological polar surface area (TPSA) is 204 Å². The Hall–Kier alpha value is -1.72. The van der Waals surface area contributed by atoms with Gasteiger partial charge >= 0.3 is 23.5 Å². The summed E-state index contributed by atoms with van der Waals surface area (Å²) in [5, 5.41) is -0.0117. The Labute approximate surface area is 211 Å². The molecule has 7 atom stereocenters. The molecule has 2 aromatic heterocycles. The number of anilines is 1. The van der Waals surface area contributed by atoms with Gasteiger partial charge in [-0.2, -0.15) is 8.62 Å². The summed E-state index contributed by atoms with van der Waals surface area (Å²) >= 11 is 0. The summed E-state index contributed by atoms with van der Waals surface area (Å²) in [5.74, 6) is 1.09. The molecule has 3 rings (SSSR count). The molecule has 3 heterocycles. The van der Waals surface area contributed by atoms with Gasteiger partial charge in [0, 0.05) is 25.8 Å². The maximum Gasteiger partial charge on any atom is 0.492 e. The van der Waals surface area contributed by atoms with E-state index in [2.05, 4.69) is 33.6 Å². The highest BCUT2D eigenvalue weighted by Crippen LogP contribution is 2.70. The van der Waals surface area contributed by atoms with E-state index in [9.17, 15) is 27.9 Å². The number of nitrogen functional groups attached to an aromatic ring is 1. The molecule has 1 saturated heterocycles. The number of hydrogen-bond donors (Lipinski definition) is 3. The Kier molecular flexibility index (Phi) is 8.71. The fourth-order valence-electron chi connectivity index (χ4n) is 3.99. The molecule has 19 heteroatoms. The van der Waals surface area contributed by atoms with Crippen molar-refractivity contribution in [2.45, 2.75) is 32.6 Å². The normalized spacial score (nSPS) is 28.9. The molecule has 4 N–H and O–H groups in total. The second-order valence-corrected chi connectivity index (χ2v) is 13.1. The first-order chi connectivity index (χ1) is 17.2. The van der Waals surface area contributed by atoms with Crippen LogP contribution in [0.3, 0.4) is 0 Å². The highest BCUT2D eigenvalue weighted by Gasteiger charge is 2.54. The summed E-state index contributed by atoms with van der Waals surface area (Å²) in [6, 6.07) is 0. The molecule has 0 radical (unpaired) electrons. The van der Waals surface area contributed by atoms with Gasteiger partial charge in [0.25, 0.3) is 0 Å². The van der Waals surface area contributed by atoms with E-state index < -0.39 is 59.6 Å². The Bertz CT molecular complexity index is 1350. The average Bonchev–Trinajstić information content (AvgIpc) is 3.31. The van der Waals surface area contributed by atoms with Crippen molar-refractivity contribution in [1.29, 1.82) is 0 Å². The van der Waals surface area contributed by atoms with Crippen LogP contribution in [0.2, 0.25) is 0 Å². The lowest BCUT2D eigenvalue weighted by atomic mass is 9.73. The maximum absolute atomic E-state index is 14.7. The smallest absolute Gasteiger partial charge is 0.383 e. The minimum Gasteiger partial charge on any atom is -0.383 e. The summed E-state index contributed by atoms with van der Waals surface area (Å²) < 4.78 is 80.7. The molecule has 0 amide bonds. The predicted molar refractivity (Wildman–Crippen MR) is 126 cm³/mol. The summed E-state index contributed by atoms with van der Waals surface area (Å²) in [6.45, 7) is 2.94. The first-order valence-corrected chi connectivity index (χ1v) is 14.9. The van der Waals surface area contributed by atoms with Crippen molar-refractivity contribution < 1.29 is 54.8 Å². The van der Waals surface area contributed by atoms with Gasteiger partial charge in [-0.15, -0.1) is 6.42 Å². The summed E-state index contributed by atoms with van der Waals surface area (Å²) in [6.07, 6.45) is 6.54. The molecular weight excluding hydrogens is 560 g/mol. The molecule has 2 aromatic rings. The predicted octanol–water partition coefficient (Wildman–Crippen LogP) is 3.37. The molecule has 1 fully saturated rings. The molecule has 206 valence electrons. The molecule has 15 nitrogen and oxygen atoms in total. The number of rotatable bonds is 11. The van der Waals surface area contributed by atoms with Crippen molar-refractivity contribution in [3.8, 4) is 12.3 Å². The fraction of sp³-hybridized carbons (Fsp3) is 0.556. The van der Waals surface area contributed by atoms with Crippen molar-refractivity contribution in [3.63, 3.8) is 0 Å². The third kappa shape index (κ3) is 5.98. The number of hydrogen-bond acceptors (Lipinski definition) is 12. The van der Waals surface area contributed by atoms with E-state index in [1.54, 1.807) is 6.92 Å². The standard InChI is InChI=1S/C18H26FN4O11P3/c1-6-11-13(9-31-36(26,27)34-37(28,30-5)33-35(24,25)29-4)32-17(18(11,3)7-2)23-8-12(19)14-15(20)21-10-22-16(14)23/h1,8,10-11,13,17H,7,9H2,2-5H3,(H,24,25)(H,26,27)(H2,20,21,22). The van der Waals surface area contributed by atoms with Gasteiger partial charge in [-0.1, -0.05) is 19.8 Å². The van der Waals surface area contributed by atoms with Crippen molar-refractivity contribution >= 4 is 40.3 Å². The van der Waals surface area contributed by atoms with Gasteiger partial charge in [-0.3, -0.25) is 13.6 Å². The SMILES string of the molecule is C#CC1C(COP(=O)(O)OP(=O)(OC)OP(=O)(O)OC)OC(n2cc(F)c3c(N)ncnc32)C1(C)CC. The number of nitrogens with two attached hydrogens (primary N) is 1. The molecular formula is C18H26FN4O11P3. The number of ether oxygens (including phenoxy) is 1. The van der Waals surface area contributed by atoms with Gasteiger partial charge in [-0.25, -0.2) is 28.1 Å². The summed E-state index contributed by atoms with van der Waals surface area (Å²) in [4.78, 5) is 27.3. The highest BCUT2D eigenvalue weighted by molar-refractivity contribution is 7.67. The number of phosphoric ester groups is 2. The molecule has 0 aliphatic carbocycles. The molecule has 0 aromatic carbocycles. The second kappa shape index (κ2) is 10.8. The summed E-state index contributed by atoms with van der Waals surface area (Å²) in [7, 11) is -13.8. The van der Waals surface area contributed by atoms with Crippen LogP contribution in [-0.2, 0) is 40.6 Å². The van der Waals surface area contributed by atoms with Crippen LogP contribution < -0.4 is 5.73 Å². The van der Waals surface area contributed by atoms with Crippen molar-refractivity contribution in [2.24, 2.45) is 11.3 Å². The number of halogens is 1. The van der Waals surface area contributed by atoms with Gasteiger partial charge < -0.3 is 24.8 Å². The van der Waals surface area contributed by atoms with Crippen LogP contribution in [0.1, 0.15) is 26.5 Å². The summed E-state index contributed by atoms with van der Waals surface area (Å²) in [5.41, 5.74) is 5.09. The van der Waals surface area contributed by atoms with E-state index >= 15 is 0 Å². The Morgan fingerprint density at radius 1 is 1.24 bits per heavy atom. The molecule has 0 bridgehead atoms. The van der Waals surface area contributed by atoms with Crippen LogP contribution in [0.4, 0.5) is 10.2 Å². The number of fused-ring (bicyclic) bond motifs is 1. The van der Waals surface area contributed by atoms with Gasteiger partial charge in [0.1, 0.15) is 18.4 Å². The fourth-order valence-corrected chi connectivity index (χ4v) is 7.72. The van der Waals surface area contributed by atoms with E-state index in [1.165, 1.54) is 4.57 Å². The average molecular weight is 586 g/mol. The van der Waals surface area contributed by atoms with E-state index in [4.69, 9.17) is 21.4 Å². The third-order valence-electron chi connectivity index (χ3n) is 6.00. The molecule has 37 heavy (non-hydrogen) atoms. The number of nitrogens with zero attached hydrogens (tertiary/aromatic N) is 3. The van der Waals surface area contributed by atoms with Crippen LogP contribution in [0, 0.1) is 29.5 Å². The first-order valence-electron chi connectivity index (χ1n) is 10.5. The molecule has 0 saturated carbocycles. The van der Waals surface area contributed by atoms with Gasteiger partial charge in [0.15, 0.2) is 11.5 Å². The minimum atomic E-state index is -5.25. The van der Waals surface area contributed by atoms with Crippen LogP contribution >= 0.6 is 23.5 Å². The van der Waals surface area contributed by atoms with Crippen molar-refractivity contribution in [1.82, 2.24) is 14.5 Å². The second-order valence-electron chi connectivity index (χ2n) is 8.08. The quantitative estimate of drug-likeness (QED) is 0.255.